The summed E-state index contributed by atoms with van der Waals surface area (Å²) >= 11 is 0. The summed E-state index contributed by atoms with van der Waals surface area (Å²) in [5.74, 6) is -0.950. The molecule has 0 fully saturated rings. The second-order valence-electron chi connectivity index (χ2n) is 4.76. The molecule has 0 saturated heterocycles. The lowest BCUT2D eigenvalue weighted by Crippen LogP contribution is -2.47. The van der Waals surface area contributed by atoms with E-state index in [4.69, 9.17) is 11.5 Å². The SMILES string of the molecule is Cc1ccc(S(=O)(=O)NC(C(N)=O)C(C)C)cc1N. The fourth-order valence-corrected chi connectivity index (χ4v) is 2.93. The predicted octanol–water partition coefficient (Wildman–Crippen LogP) is 0.365. The Kier molecular flexibility index (Phi) is 4.54. The average Bonchev–Trinajstić information content (AvgIpc) is 2.28. The predicted molar refractivity (Wildman–Crippen MR) is 73.7 cm³/mol. The van der Waals surface area contributed by atoms with Crippen molar-refractivity contribution < 1.29 is 13.2 Å². The van der Waals surface area contributed by atoms with Crippen LogP contribution in [0.2, 0.25) is 0 Å². The number of nitrogens with one attached hydrogen (secondary N) is 1. The zero-order chi connectivity index (χ0) is 14.8. The summed E-state index contributed by atoms with van der Waals surface area (Å²) in [6, 6.07) is 3.45. The number of carbonyl (C=O) groups excluding carboxylic acids is 1. The molecule has 0 heterocycles. The molecule has 1 aromatic carbocycles. The molecule has 0 spiro atoms. The minimum Gasteiger partial charge on any atom is -0.398 e. The van der Waals surface area contributed by atoms with Gasteiger partial charge in [0.25, 0.3) is 0 Å². The second-order valence-corrected chi connectivity index (χ2v) is 6.48. The van der Waals surface area contributed by atoms with Crippen molar-refractivity contribution >= 4 is 21.6 Å². The molecular formula is C12H19N3O3S. The molecule has 6 nitrogen and oxygen atoms in total. The molecule has 106 valence electrons. The van der Waals surface area contributed by atoms with E-state index in [1.54, 1.807) is 26.8 Å². The van der Waals surface area contributed by atoms with Gasteiger partial charge in [0.05, 0.1) is 4.90 Å². The van der Waals surface area contributed by atoms with Crippen LogP contribution in [-0.2, 0) is 14.8 Å². The molecule has 7 heteroatoms. The summed E-state index contributed by atoms with van der Waals surface area (Å²) in [7, 11) is -3.82. The van der Waals surface area contributed by atoms with Gasteiger partial charge in [-0.3, -0.25) is 4.79 Å². The highest BCUT2D eigenvalue weighted by Crippen LogP contribution is 2.18. The van der Waals surface area contributed by atoms with Crippen molar-refractivity contribution in [3.63, 3.8) is 0 Å². The summed E-state index contributed by atoms with van der Waals surface area (Å²) in [6.07, 6.45) is 0. The van der Waals surface area contributed by atoms with Crippen LogP contribution >= 0.6 is 0 Å². The molecule has 0 aliphatic rings. The third-order valence-corrected chi connectivity index (χ3v) is 4.26. The first-order valence-electron chi connectivity index (χ1n) is 5.83. The molecular weight excluding hydrogens is 266 g/mol. The number of hydrogen-bond donors (Lipinski definition) is 3. The van der Waals surface area contributed by atoms with Gasteiger partial charge in [0.2, 0.25) is 15.9 Å². The lowest BCUT2D eigenvalue weighted by Gasteiger charge is -2.19. The van der Waals surface area contributed by atoms with E-state index in [2.05, 4.69) is 4.72 Å². The topological polar surface area (TPSA) is 115 Å². The Morgan fingerprint density at radius 3 is 2.32 bits per heavy atom. The first-order valence-corrected chi connectivity index (χ1v) is 7.31. The Labute approximate surface area is 113 Å². The highest BCUT2D eigenvalue weighted by molar-refractivity contribution is 7.89. The standard InChI is InChI=1S/C12H19N3O3S/c1-7(2)11(12(14)16)15-19(17,18)9-5-4-8(3)10(13)6-9/h4-7,11,15H,13H2,1-3H3,(H2,14,16). The summed E-state index contributed by atoms with van der Waals surface area (Å²) in [4.78, 5) is 11.3. The number of sulfonamides is 1. The minimum absolute atomic E-state index is 0.0162. The minimum atomic E-state index is -3.82. The van der Waals surface area contributed by atoms with Gasteiger partial charge in [-0.25, -0.2) is 8.42 Å². The van der Waals surface area contributed by atoms with Gasteiger partial charge in [-0.15, -0.1) is 0 Å². The van der Waals surface area contributed by atoms with E-state index in [9.17, 15) is 13.2 Å². The van der Waals surface area contributed by atoms with Crippen molar-refractivity contribution in [2.24, 2.45) is 11.7 Å². The van der Waals surface area contributed by atoms with Gasteiger partial charge in [-0.05, 0) is 30.5 Å². The first-order chi connectivity index (χ1) is 8.65. The smallest absolute Gasteiger partial charge is 0.241 e. The van der Waals surface area contributed by atoms with Crippen molar-refractivity contribution in [2.75, 3.05) is 5.73 Å². The molecule has 5 N–H and O–H groups in total. The van der Waals surface area contributed by atoms with E-state index >= 15 is 0 Å². The lowest BCUT2D eigenvalue weighted by atomic mass is 10.1. The maximum Gasteiger partial charge on any atom is 0.241 e. The van der Waals surface area contributed by atoms with Crippen molar-refractivity contribution in [1.82, 2.24) is 4.72 Å². The average molecular weight is 285 g/mol. The molecule has 0 aliphatic heterocycles. The van der Waals surface area contributed by atoms with Crippen molar-refractivity contribution in [2.45, 2.75) is 31.7 Å². The number of rotatable bonds is 5. The molecule has 0 radical (unpaired) electrons. The van der Waals surface area contributed by atoms with Crippen molar-refractivity contribution in [1.29, 1.82) is 0 Å². The molecule has 1 aromatic rings. The summed E-state index contributed by atoms with van der Waals surface area (Å²) < 4.78 is 26.6. The van der Waals surface area contributed by atoms with Crippen LogP contribution in [-0.4, -0.2) is 20.4 Å². The van der Waals surface area contributed by atoms with Crippen LogP contribution in [0, 0.1) is 12.8 Å². The number of anilines is 1. The van der Waals surface area contributed by atoms with Crippen LogP contribution < -0.4 is 16.2 Å². The zero-order valence-corrected chi connectivity index (χ0v) is 12.0. The lowest BCUT2D eigenvalue weighted by molar-refractivity contribution is -0.120. The Balaban J connectivity index is 3.10. The highest BCUT2D eigenvalue weighted by Gasteiger charge is 2.26. The Hall–Kier alpha value is -1.60. The van der Waals surface area contributed by atoms with Crippen LogP contribution in [0.5, 0.6) is 0 Å². The quantitative estimate of drug-likeness (QED) is 0.678. The Morgan fingerprint density at radius 2 is 1.89 bits per heavy atom. The number of hydrogen-bond acceptors (Lipinski definition) is 4. The molecule has 0 aromatic heterocycles. The van der Waals surface area contributed by atoms with Gasteiger partial charge in [0.15, 0.2) is 0 Å². The highest BCUT2D eigenvalue weighted by atomic mass is 32.2. The van der Waals surface area contributed by atoms with Gasteiger partial charge in [0, 0.05) is 5.69 Å². The molecule has 1 amide bonds. The number of nitrogens with two attached hydrogens (primary N) is 2. The van der Waals surface area contributed by atoms with E-state index in [0.717, 1.165) is 5.56 Å². The van der Waals surface area contributed by atoms with E-state index in [-0.39, 0.29) is 10.8 Å². The molecule has 1 unspecified atom stereocenters. The number of benzene rings is 1. The number of nitrogen functional groups attached to an aromatic ring is 1. The molecule has 1 atom stereocenters. The molecule has 0 bridgehead atoms. The molecule has 0 saturated carbocycles. The maximum atomic E-state index is 12.1. The van der Waals surface area contributed by atoms with Gasteiger partial charge in [0.1, 0.15) is 6.04 Å². The Bertz CT molecular complexity index is 582. The number of carbonyl (C=O) groups is 1. The largest absolute Gasteiger partial charge is 0.398 e. The Morgan fingerprint density at radius 1 is 1.32 bits per heavy atom. The van der Waals surface area contributed by atoms with Crippen LogP contribution in [0.1, 0.15) is 19.4 Å². The monoisotopic (exact) mass is 285 g/mol. The number of aryl methyl sites for hydroxylation is 1. The molecule has 19 heavy (non-hydrogen) atoms. The van der Waals surface area contributed by atoms with Gasteiger partial charge < -0.3 is 11.5 Å². The van der Waals surface area contributed by atoms with Crippen molar-refractivity contribution in [3.8, 4) is 0 Å². The normalized spacial score (nSPS) is 13.5. The first kappa shape index (κ1) is 15.5. The third-order valence-electron chi connectivity index (χ3n) is 2.82. The van der Waals surface area contributed by atoms with Crippen LogP contribution in [0.3, 0.4) is 0 Å². The number of primary amides is 1. The third kappa shape index (κ3) is 3.68. The molecule has 1 rings (SSSR count). The fourth-order valence-electron chi connectivity index (χ4n) is 1.54. The van der Waals surface area contributed by atoms with E-state index in [1.165, 1.54) is 12.1 Å². The van der Waals surface area contributed by atoms with E-state index in [0.29, 0.717) is 5.69 Å². The van der Waals surface area contributed by atoms with Crippen LogP contribution in [0.25, 0.3) is 0 Å². The maximum absolute atomic E-state index is 12.1. The fraction of sp³-hybridized carbons (Fsp3) is 0.417. The number of amides is 1. The van der Waals surface area contributed by atoms with Crippen LogP contribution in [0.4, 0.5) is 5.69 Å². The zero-order valence-electron chi connectivity index (χ0n) is 11.2. The van der Waals surface area contributed by atoms with E-state index in [1.807, 2.05) is 0 Å². The van der Waals surface area contributed by atoms with Gasteiger partial charge >= 0.3 is 0 Å². The van der Waals surface area contributed by atoms with Gasteiger partial charge in [-0.2, -0.15) is 4.72 Å². The van der Waals surface area contributed by atoms with E-state index < -0.39 is 22.0 Å². The molecule has 0 aliphatic carbocycles. The summed E-state index contributed by atoms with van der Waals surface area (Å²) in [6.45, 7) is 5.20. The second kappa shape index (κ2) is 5.58. The summed E-state index contributed by atoms with van der Waals surface area (Å²) in [5, 5.41) is 0. The van der Waals surface area contributed by atoms with Crippen molar-refractivity contribution in [3.05, 3.63) is 23.8 Å². The van der Waals surface area contributed by atoms with Crippen LogP contribution in [0.15, 0.2) is 23.1 Å². The summed E-state index contributed by atoms with van der Waals surface area (Å²) in [5.41, 5.74) is 12.0. The van der Waals surface area contributed by atoms with Gasteiger partial charge in [-0.1, -0.05) is 19.9 Å².